The van der Waals surface area contributed by atoms with Crippen LogP contribution in [0.15, 0.2) is 54.9 Å². The van der Waals surface area contributed by atoms with Crippen molar-refractivity contribution in [3.63, 3.8) is 0 Å². The highest BCUT2D eigenvalue weighted by atomic mass is 16.2. The van der Waals surface area contributed by atoms with Crippen molar-refractivity contribution >= 4 is 17.6 Å². The summed E-state index contributed by atoms with van der Waals surface area (Å²) in [7, 11) is 0. The normalized spacial score (nSPS) is 17.8. The molecule has 0 radical (unpaired) electrons. The van der Waals surface area contributed by atoms with Gasteiger partial charge in [-0.3, -0.25) is 9.78 Å². The summed E-state index contributed by atoms with van der Waals surface area (Å²) in [5, 5.41) is 5.85. The van der Waals surface area contributed by atoms with Crippen molar-refractivity contribution in [2.75, 3.05) is 11.9 Å². The van der Waals surface area contributed by atoms with Crippen LogP contribution in [0.1, 0.15) is 31.4 Å². The summed E-state index contributed by atoms with van der Waals surface area (Å²) in [6.07, 6.45) is 4.90. The zero-order chi connectivity index (χ0) is 17.6. The van der Waals surface area contributed by atoms with Gasteiger partial charge in [0.05, 0.1) is 6.04 Å². The lowest BCUT2D eigenvalue weighted by Crippen LogP contribution is -2.47. The molecule has 1 saturated heterocycles. The van der Waals surface area contributed by atoms with Crippen LogP contribution in [0.3, 0.4) is 0 Å². The van der Waals surface area contributed by atoms with E-state index in [1.165, 1.54) is 0 Å². The fourth-order valence-corrected chi connectivity index (χ4v) is 3.04. The van der Waals surface area contributed by atoms with Gasteiger partial charge in [0.25, 0.3) is 0 Å². The Labute approximate surface area is 147 Å². The van der Waals surface area contributed by atoms with E-state index in [4.69, 9.17) is 0 Å². The second-order valence-corrected chi connectivity index (χ2v) is 6.16. The van der Waals surface area contributed by atoms with E-state index in [1.807, 2.05) is 49.4 Å². The van der Waals surface area contributed by atoms with Gasteiger partial charge in [-0.15, -0.1) is 0 Å². The molecule has 0 unspecified atom stereocenters. The maximum absolute atomic E-state index is 12.6. The van der Waals surface area contributed by atoms with Crippen LogP contribution in [0.25, 0.3) is 0 Å². The van der Waals surface area contributed by atoms with E-state index in [0.29, 0.717) is 13.0 Å². The Hall–Kier alpha value is -2.89. The number of nitrogens with zero attached hydrogens (tertiary/aromatic N) is 2. The Morgan fingerprint density at radius 3 is 2.60 bits per heavy atom. The summed E-state index contributed by atoms with van der Waals surface area (Å²) in [5.74, 6) is -0.120. The lowest BCUT2D eigenvalue weighted by atomic mass is 10.1. The molecule has 0 aliphatic carbocycles. The Balaban J connectivity index is 1.62. The van der Waals surface area contributed by atoms with Gasteiger partial charge in [0.1, 0.15) is 6.04 Å². The Morgan fingerprint density at radius 2 is 1.88 bits per heavy atom. The fourth-order valence-electron chi connectivity index (χ4n) is 3.04. The van der Waals surface area contributed by atoms with Crippen LogP contribution in [0, 0.1) is 0 Å². The molecule has 3 rings (SSSR count). The van der Waals surface area contributed by atoms with Crippen LogP contribution in [0.4, 0.5) is 10.5 Å². The molecule has 130 valence electrons. The van der Waals surface area contributed by atoms with Crippen molar-refractivity contribution in [3.05, 3.63) is 60.4 Å². The van der Waals surface area contributed by atoms with Crippen LogP contribution < -0.4 is 10.6 Å². The number of aromatic nitrogens is 1. The highest BCUT2D eigenvalue weighted by Gasteiger charge is 2.34. The molecule has 6 nitrogen and oxygen atoms in total. The molecule has 1 aromatic heterocycles. The zero-order valence-electron chi connectivity index (χ0n) is 14.2. The Morgan fingerprint density at radius 1 is 1.16 bits per heavy atom. The number of carbonyl (C=O) groups is 2. The third kappa shape index (κ3) is 4.15. The average Bonchev–Trinajstić information content (AvgIpc) is 3.13. The lowest BCUT2D eigenvalue weighted by Gasteiger charge is -2.26. The minimum absolute atomic E-state index is 0.120. The summed E-state index contributed by atoms with van der Waals surface area (Å²) in [4.78, 5) is 30.8. The van der Waals surface area contributed by atoms with Gasteiger partial charge in [0, 0.05) is 24.6 Å². The van der Waals surface area contributed by atoms with E-state index >= 15 is 0 Å². The molecule has 0 bridgehead atoms. The monoisotopic (exact) mass is 338 g/mol. The number of hydrogen-bond acceptors (Lipinski definition) is 3. The van der Waals surface area contributed by atoms with Gasteiger partial charge in [0.15, 0.2) is 0 Å². The van der Waals surface area contributed by atoms with Crippen molar-refractivity contribution in [2.24, 2.45) is 0 Å². The van der Waals surface area contributed by atoms with Crippen molar-refractivity contribution < 1.29 is 9.59 Å². The van der Waals surface area contributed by atoms with Crippen LogP contribution in [-0.4, -0.2) is 34.4 Å². The topological polar surface area (TPSA) is 74.3 Å². The number of benzene rings is 1. The second-order valence-electron chi connectivity index (χ2n) is 6.16. The number of nitrogens with one attached hydrogen (secondary N) is 2. The van der Waals surface area contributed by atoms with Gasteiger partial charge in [-0.2, -0.15) is 0 Å². The first kappa shape index (κ1) is 17.0. The third-order valence-electron chi connectivity index (χ3n) is 4.41. The minimum atomic E-state index is -0.437. The summed E-state index contributed by atoms with van der Waals surface area (Å²) in [6, 6.07) is 12.2. The fraction of sp³-hybridized carbons (Fsp3) is 0.316. The third-order valence-corrected chi connectivity index (χ3v) is 4.41. The number of anilines is 1. The van der Waals surface area contributed by atoms with Crippen LogP contribution in [-0.2, 0) is 4.79 Å². The van der Waals surface area contributed by atoms with E-state index in [2.05, 4.69) is 15.6 Å². The summed E-state index contributed by atoms with van der Waals surface area (Å²) in [5.41, 5.74) is 1.71. The van der Waals surface area contributed by atoms with E-state index in [9.17, 15) is 9.59 Å². The van der Waals surface area contributed by atoms with Gasteiger partial charge >= 0.3 is 6.03 Å². The molecule has 2 heterocycles. The van der Waals surface area contributed by atoms with E-state index in [-0.39, 0.29) is 18.0 Å². The van der Waals surface area contributed by atoms with Crippen LogP contribution in [0.2, 0.25) is 0 Å². The molecule has 6 heteroatoms. The smallest absolute Gasteiger partial charge is 0.322 e. The van der Waals surface area contributed by atoms with Crippen molar-refractivity contribution in [1.29, 1.82) is 0 Å². The van der Waals surface area contributed by atoms with Gasteiger partial charge in [-0.05, 0) is 49.6 Å². The first-order valence-electron chi connectivity index (χ1n) is 8.48. The first-order valence-corrected chi connectivity index (χ1v) is 8.48. The summed E-state index contributed by atoms with van der Waals surface area (Å²) in [6.45, 7) is 2.51. The minimum Gasteiger partial charge on any atom is -0.348 e. The predicted octanol–water partition coefficient (Wildman–Crippen LogP) is 2.96. The number of carbonyl (C=O) groups excluding carboxylic acids is 2. The second kappa shape index (κ2) is 7.79. The number of hydrogen-bond donors (Lipinski definition) is 2. The maximum atomic E-state index is 12.6. The molecular formula is C19H22N4O2. The first-order chi connectivity index (χ1) is 12.1. The number of likely N-dealkylation sites (tertiary alicyclic amines) is 1. The molecule has 1 fully saturated rings. The SMILES string of the molecule is C[C@@H](NC(=O)[C@H]1CCCN1C(=O)Nc1ccccc1)c1ccncc1. The molecule has 1 aliphatic heterocycles. The number of urea groups is 1. The standard InChI is InChI=1S/C19H22N4O2/c1-14(15-9-11-20-12-10-15)21-18(24)17-8-5-13-23(17)19(25)22-16-6-3-2-4-7-16/h2-4,6-7,9-12,14,17H,5,8,13H2,1H3,(H,21,24)(H,22,25)/t14-,17-/m1/s1. The number of para-hydroxylation sites is 1. The van der Waals surface area contributed by atoms with Gasteiger partial charge < -0.3 is 15.5 Å². The molecule has 2 aromatic rings. The van der Waals surface area contributed by atoms with Gasteiger partial charge in [0.2, 0.25) is 5.91 Å². The molecular weight excluding hydrogens is 316 g/mol. The number of pyridine rings is 1. The van der Waals surface area contributed by atoms with E-state index < -0.39 is 6.04 Å². The molecule has 3 amide bonds. The van der Waals surface area contributed by atoms with Gasteiger partial charge in [-0.1, -0.05) is 18.2 Å². The van der Waals surface area contributed by atoms with Crippen LogP contribution >= 0.6 is 0 Å². The average molecular weight is 338 g/mol. The van der Waals surface area contributed by atoms with Crippen molar-refractivity contribution in [2.45, 2.75) is 31.8 Å². The van der Waals surface area contributed by atoms with E-state index in [0.717, 1.165) is 17.7 Å². The highest BCUT2D eigenvalue weighted by Crippen LogP contribution is 2.20. The molecule has 0 saturated carbocycles. The molecule has 0 spiro atoms. The van der Waals surface area contributed by atoms with Crippen molar-refractivity contribution in [1.82, 2.24) is 15.2 Å². The predicted molar refractivity (Wildman–Crippen MR) is 96.0 cm³/mol. The largest absolute Gasteiger partial charge is 0.348 e. The highest BCUT2D eigenvalue weighted by molar-refractivity contribution is 5.94. The lowest BCUT2D eigenvalue weighted by molar-refractivity contribution is -0.125. The molecule has 1 aromatic carbocycles. The zero-order valence-corrected chi connectivity index (χ0v) is 14.2. The molecule has 1 aliphatic rings. The summed E-state index contributed by atoms with van der Waals surface area (Å²) < 4.78 is 0. The maximum Gasteiger partial charge on any atom is 0.322 e. The molecule has 2 N–H and O–H groups in total. The van der Waals surface area contributed by atoms with Crippen molar-refractivity contribution in [3.8, 4) is 0 Å². The Bertz CT molecular complexity index is 721. The summed E-state index contributed by atoms with van der Waals surface area (Å²) >= 11 is 0. The molecule has 2 atom stereocenters. The number of amides is 3. The van der Waals surface area contributed by atoms with Crippen LogP contribution in [0.5, 0.6) is 0 Å². The quantitative estimate of drug-likeness (QED) is 0.900. The van der Waals surface area contributed by atoms with E-state index in [1.54, 1.807) is 17.3 Å². The Kier molecular flexibility index (Phi) is 5.28. The number of rotatable bonds is 4. The molecule has 25 heavy (non-hydrogen) atoms. The van der Waals surface area contributed by atoms with Gasteiger partial charge in [-0.25, -0.2) is 4.79 Å².